The highest BCUT2D eigenvalue weighted by atomic mass is 16.4. The van der Waals surface area contributed by atoms with E-state index in [2.05, 4.69) is 0 Å². The topological polar surface area (TPSA) is 98.0 Å². The Morgan fingerprint density at radius 3 is 1.33 bits per heavy atom. The number of aliphatic hydroxyl groups is 4. The Bertz CT molecular complexity index is 138. The van der Waals surface area contributed by atoms with Crippen LogP contribution in [0.3, 0.4) is 0 Å². The van der Waals surface area contributed by atoms with Gasteiger partial charge in [-0.25, -0.2) is 0 Å². The van der Waals surface area contributed by atoms with Gasteiger partial charge in [0, 0.05) is 0 Å². The minimum atomic E-state index is -1.64. The molecule has 0 aromatic carbocycles. The Labute approximate surface area is 70.3 Å². The average Bonchev–Trinajstić information content (AvgIpc) is 2.00. The van der Waals surface area contributed by atoms with Crippen molar-refractivity contribution in [2.75, 3.05) is 0 Å². The van der Waals surface area contributed by atoms with Gasteiger partial charge in [-0.15, -0.1) is 0 Å². The van der Waals surface area contributed by atoms with Crippen LogP contribution in [0, 0.1) is 0 Å². The molecule has 12 heavy (non-hydrogen) atoms. The van der Waals surface area contributed by atoms with Gasteiger partial charge in [-0.1, -0.05) is 0 Å². The zero-order valence-electron chi connectivity index (χ0n) is 7.01. The zero-order chi connectivity index (χ0) is 9.89. The molecule has 0 bridgehead atoms. The molecule has 0 heterocycles. The smallest absolute Gasteiger partial charge is 0.194 e. The van der Waals surface area contributed by atoms with Gasteiger partial charge in [0.2, 0.25) is 0 Å². The van der Waals surface area contributed by atoms with Crippen LogP contribution in [0.15, 0.2) is 0 Å². The van der Waals surface area contributed by atoms with Crippen molar-refractivity contribution in [1.29, 1.82) is 0 Å². The normalized spacial score (nSPS) is 21.2. The number of aliphatic hydroxyl groups excluding tert-OH is 4. The molecule has 72 valence electrons. The van der Waals surface area contributed by atoms with E-state index >= 15 is 0 Å². The van der Waals surface area contributed by atoms with Crippen LogP contribution < -0.4 is 0 Å². The number of carbonyl (C=O) groups is 1. The minimum absolute atomic E-state index is 0.972. The molecule has 4 atom stereocenters. The molecular weight excluding hydrogens is 164 g/mol. The van der Waals surface area contributed by atoms with E-state index in [0.717, 1.165) is 0 Å². The molecule has 0 fully saturated rings. The fraction of sp³-hybridized carbons (Fsp3) is 0.857. The molecule has 1 unspecified atom stereocenters. The zero-order valence-corrected chi connectivity index (χ0v) is 7.01. The maximum Gasteiger partial charge on any atom is 0.194 e. The Morgan fingerprint density at radius 1 is 0.917 bits per heavy atom. The van der Waals surface area contributed by atoms with E-state index in [1.165, 1.54) is 13.8 Å². The van der Waals surface area contributed by atoms with Crippen molar-refractivity contribution < 1.29 is 25.2 Å². The Hall–Kier alpha value is -0.490. The lowest BCUT2D eigenvalue weighted by atomic mass is 10.0. The highest BCUT2D eigenvalue weighted by molar-refractivity contribution is 5.87. The molecule has 0 aliphatic rings. The van der Waals surface area contributed by atoms with Gasteiger partial charge in [-0.3, -0.25) is 4.79 Å². The van der Waals surface area contributed by atoms with E-state index in [1.807, 2.05) is 0 Å². The Kier molecular flexibility index (Phi) is 4.33. The van der Waals surface area contributed by atoms with Crippen LogP contribution in [0.5, 0.6) is 0 Å². The molecule has 0 aliphatic heterocycles. The quantitative estimate of drug-likeness (QED) is 0.400. The van der Waals surface area contributed by atoms with Crippen LogP contribution >= 0.6 is 0 Å². The van der Waals surface area contributed by atoms with E-state index in [0.29, 0.717) is 0 Å². The summed E-state index contributed by atoms with van der Waals surface area (Å²) in [4.78, 5) is 10.9. The van der Waals surface area contributed by atoms with Crippen molar-refractivity contribution in [1.82, 2.24) is 0 Å². The van der Waals surface area contributed by atoms with E-state index < -0.39 is 30.2 Å². The second-order valence-electron chi connectivity index (χ2n) is 2.77. The summed E-state index contributed by atoms with van der Waals surface area (Å²) >= 11 is 0. The maximum atomic E-state index is 10.9. The van der Waals surface area contributed by atoms with Crippen LogP contribution in [0.1, 0.15) is 13.8 Å². The summed E-state index contributed by atoms with van der Waals surface area (Å²) in [5.74, 6) is -0.972. The molecule has 0 radical (unpaired) electrons. The molecule has 0 rings (SSSR count). The molecule has 0 spiro atoms. The molecular formula is C7H14O5. The van der Waals surface area contributed by atoms with Gasteiger partial charge in [0.1, 0.15) is 12.2 Å². The summed E-state index contributed by atoms with van der Waals surface area (Å²) < 4.78 is 0. The molecule has 5 heteroatoms. The lowest BCUT2D eigenvalue weighted by Crippen LogP contribution is -2.43. The third-order valence-corrected chi connectivity index (χ3v) is 1.50. The number of carbonyl (C=O) groups excluding carboxylic acids is 1. The van der Waals surface area contributed by atoms with Crippen LogP contribution in [0.25, 0.3) is 0 Å². The summed E-state index contributed by atoms with van der Waals surface area (Å²) in [6, 6.07) is 0. The van der Waals surface area contributed by atoms with Gasteiger partial charge in [0.15, 0.2) is 5.78 Å². The van der Waals surface area contributed by atoms with Crippen LogP contribution in [-0.4, -0.2) is 50.6 Å². The highest BCUT2D eigenvalue weighted by Crippen LogP contribution is 2.02. The first-order chi connectivity index (χ1) is 5.37. The minimum Gasteiger partial charge on any atom is -0.390 e. The molecule has 0 aliphatic carbocycles. The van der Waals surface area contributed by atoms with E-state index in [1.54, 1.807) is 0 Å². The van der Waals surface area contributed by atoms with Crippen LogP contribution in [0.4, 0.5) is 0 Å². The summed E-state index contributed by atoms with van der Waals surface area (Å²) in [7, 11) is 0. The van der Waals surface area contributed by atoms with Gasteiger partial charge in [0.05, 0.1) is 12.2 Å². The first-order valence-electron chi connectivity index (χ1n) is 3.64. The van der Waals surface area contributed by atoms with Crippen molar-refractivity contribution in [3.8, 4) is 0 Å². The monoisotopic (exact) mass is 178 g/mol. The van der Waals surface area contributed by atoms with Gasteiger partial charge in [-0.05, 0) is 13.8 Å². The van der Waals surface area contributed by atoms with Crippen molar-refractivity contribution in [3.05, 3.63) is 0 Å². The number of Topliss-reactive ketones (excluding diaryl/α,β-unsaturated/α-hetero) is 1. The molecule has 0 saturated heterocycles. The molecule has 0 saturated carbocycles. The fourth-order valence-corrected chi connectivity index (χ4v) is 0.650. The predicted octanol–water partition coefficient (Wildman–Crippen LogP) is -1.96. The molecule has 0 aromatic rings. The number of rotatable bonds is 4. The highest BCUT2D eigenvalue weighted by Gasteiger charge is 2.29. The largest absolute Gasteiger partial charge is 0.390 e. The fourth-order valence-electron chi connectivity index (χ4n) is 0.650. The standard InChI is InChI=1S/C7H14O5/c1-3(8)5(10)7(12)6(11)4(2)9/h3-6,8-11H,1-2H3/t3-,4?,5-,6-/m1/s1. The summed E-state index contributed by atoms with van der Waals surface area (Å²) in [5.41, 5.74) is 0. The van der Waals surface area contributed by atoms with Crippen molar-refractivity contribution in [2.24, 2.45) is 0 Å². The summed E-state index contributed by atoms with van der Waals surface area (Å²) in [6.45, 7) is 2.44. The summed E-state index contributed by atoms with van der Waals surface area (Å²) in [6.07, 6.45) is -5.78. The van der Waals surface area contributed by atoms with Gasteiger partial charge < -0.3 is 20.4 Å². The van der Waals surface area contributed by atoms with Crippen molar-refractivity contribution >= 4 is 5.78 Å². The molecule has 5 nitrogen and oxygen atoms in total. The van der Waals surface area contributed by atoms with Gasteiger partial charge >= 0.3 is 0 Å². The first kappa shape index (κ1) is 11.5. The van der Waals surface area contributed by atoms with Crippen molar-refractivity contribution in [2.45, 2.75) is 38.3 Å². The first-order valence-corrected chi connectivity index (χ1v) is 3.64. The molecule has 0 amide bonds. The summed E-state index contributed by atoms with van der Waals surface area (Å²) in [5, 5.41) is 35.4. The average molecular weight is 178 g/mol. The Balaban J connectivity index is 4.19. The molecule has 4 N–H and O–H groups in total. The number of hydrogen-bond acceptors (Lipinski definition) is 5. The van der Waals surface area contributed by atoms with Gasteiger partial charge in [-0.2, -0.15) is 0 Å². The second kappa shape index (κ2) is 4.51. The SMILES string of the molecule is CC(O)[C@@H](O)C(=O)[C@H](O)[C@@H](C)O. The van der Waals surface area contributed by atoms with E-state index in [4.69, 9.17) is 20.4 Å². The number of hydrogen-bond donors (Lipinski definition) is 4. The van der Waals surface area contributed by atoms with Crippen molar-refractivity contribution in [3.63, 3.8) is 0 Å². The lowest BCUT2D eigenvalue weighted by molar-refractivity contribution is -0.145. The molecule has 0 aromatic heterocycles. The third-order valence-electron chi connectivity index (χ3n) is 1.50. The van der Waals surface area contributed by atoms with Gasteiger partial charge in [0.25, 0.3) is 0 Å². The second-order valence-corrected chi connectivity index (χ2v) is 2.77. The van der Waals surface area contributed by atoms with E-state index in [-0.39, 0.29) is 0 Å². The predicted molar refractivity (Wildman–Crippen MR) is 40.4 cm³/mol. The van der Waals surface area contributed by atoms with Crippen LogP contribution in [0.2, 0.25) is 0 Å². The maximum absolute atomic E-state index is 10.9. The lowest BCUT2D eigenvalue weighted by Gasteiger charge is -2.18. The Morgan fingerprint density at radius 2 is 1.17 bits per heavy atom. The number of ketones is 1. The van der Waals surface area contributed by atoms with Crippen LogP contribution in [-0.2, 0) is 4.79 Å². The third kappa shape index (κ3) is 2.86. The van der Waals surface area contributed by atoms with E-state index in [9.17, 15) is 4.79 Å².